The molecule has 1 fully saturated rings. The molecule has 1 saturated heterocycles. The molecule has 0 bridgehead atoms. The minimum atomic E-state index is -3.65. The van der Waals surface area contributed by atoms with Crippen LogP contribution >= 0.6 is 0 Å². The summed E-state index contributed by atoms with van der Waals surface area (Å²) in [5.41, 5.74) is -0.0403. The molecule has 0 atom stereocenters. The van der Waals surface area contributed by atoms with Crippen molar-refractivity contribution in [2.75, 3.05) is 18.4 Å². The Morgan fingerprint density at radius 1 is 0.912 bits per heavy atom. The minimum Gasteiger partial charge on any atom is -0.324 e. The maximum absolute atomic E-state index is 12.9. The molecule has 2 heterocycles. The van der Waals surface area contributed by atoms with Gasteiger partial charge >= 0.3 is 5.69 Å². The van der Waals surface area contributed by atoms with E-state index in [4.69, 9.17) is 0 Å². The monoisotopic (exact) mass is 482 g/mol. The fourth-order valence-electron chi connectivity index (χ4n) is 3.94. The van der Waals surface area contributed by atoms with E-state index in [0.717, 1.165) is 29.4 Å². The highest BCUT2D eigenvalue weighted by Gasteiger charge is 2.26. The van der Waals surface area contributed by atoms with Gasteiger partial charge in [-0.15, -0.1) is 0 Å². The van der Waals surface area contributed by atoms with Crippen LogP contribution in [0.5, 0.6) is 0 Å². The normalized spacial score (nSPS) is 14.6. The van der Waals surface area contributed by atoms with Gasteiger partial charge in [-0.2, -0.15) is 4.31 Å². The van der Waals surface area contributed by atoms with E-state index in [-0.39, 0.29) is 17.1 Å². The van der Waals surface area contributed by atoms with Crippen LogP contribution in [-0.4, -0.2) is 40.9 Å². The zero-order valence-electron chi connectivity index (χ0n) is 18.6. The van der Waals surface area contributed by atoms with Crippen LogP contribution in [0.25, 0.3) is 0 Å². The number of benzene rings is 2. The molecule has 1 aliphatic heterocycles. The molecule has 10 heteroatoms. The van der Waals surface area contributed by atoms with E-state index in [2.05, 4.69) is 5.32 Å². The summed E-state index contributed by atoms with van der Waals surface area (Å²) in [5, 5.41) is 2.60. The summed E-state index contributed by atoms with van der Waals surface area (Å²) in [6, 6.07) is 16.5. The molecule has 178 valence electrons. The molecule has 1 aromatic heterocycles. The van der Waals surface area contributed by atoms with Crippen molar-refractivity contribution >= 4 is 21.6 Å². The van der Waals surface area contributed by atoms with Gasteiger partial charge in [0.25, 0.3) is 5.56 Å². The number of aromatic nitrogens is 2. The largest absolute Gasteiger partial charge is 0.331 e. The van der Waals surface area contributed by atoms with Crippen molar-refractivity contribution in [1.29, 1.82) is 0 Å². The SMILES string of the molecule is O=C(Cn1c(=O)ccn(Cc2ccccc2)c1=O)Nc1cccc(S(=O)(=O)N2CCCCC2)c1. The summed E-state index contributed by atoms with van der Waals surface area (Å²) in [6.07, 6.45) is 4.06. The maximum Gasteiger partial charge on any atom is 0.331 e. The quantitative estimate of drug-likeness (QED) is 0.553. The number of carbonyl (C=O) groups excluding carboxylic acids is 1. The molecule has 2 aromatic carbocycles. The third-order valence-electron chi connectivity index (χ3n) is 5.71. The van der Waals surface area contributed by atoms with Crippen LogP contribution in [-0.2, 0) is 27.9 Å². The highest BCUT2D eigenvalue weighted by Crippen LogP contribution is 2.22. The number of hydrogen-bond donors (Lipinski definition) is 1. The van der Waals surface area contributed by atoms with Crippen molar-refractivity contribution in [1.82, 2.24) is 13.4 Å². The Hall–Kier alpha value is -3.50. The van der Waals surface area contributed by atoms with Crippen molar-refractivity contribution in [2.24, 2.45) is 0 Å². The molecular formula is C24H26N4O5S. The van der Waals surface area contributed by atoms with Gasteiger partial charge in [0.1, 0.15) is 6.54 Å². The van der Waals surface area contributed by atoms with Crippen LogP contribution in [0.4, 0.5) is 5.69 Å². The van der Waals surface area contributed by atoms with Crippen molar-refractivity contribution in [3.05, 3.63) is 93.3 Å². The molecule has 1 aliphatic rings. The molecule has 9 nitrogen and oxygen atoms in total. The maximum atomic E-state index is 12.9. The number of carbonyl (C=O) groups is 1. The number of rotatable bonds is 7. The van der Waals surface area contributed by atoms with Gasteiger partial charge in [-0.05, 0) is 36.6 Å². The van der Waals surface area contributed by atoms with Crippen molar-refractivity contribution in [3.63, 3.8) is 0 Å². The topological polar surface area (TPSA) is 110 Å². The summed E-state index contributed by atoms with van der Waals surface area (Å²) in [7, 11) is -3.65. The van der Waals surface area contributed by atoms with Crippen LogP contribution in [0, 0.1) is 0 Å². The van der Waals surface area contributed by atoms with Crippen LogP contribution in [0.2, 0.25) is 0 Å². The Bertz CT molecular complexity index is 1390. The average molecular weight is 483 g/mol. The second-order valence-corrected chi connectivity index (χ2v) is 10.1. The van der Waals surface area contributed by atoms with Crippen LogP contribution < -0.4 is 16.6 Å². The second-order valence-electron chi connectivity index (χ2n) is 8.18. The van der Waals surface area contributed by atoms with Gasteiger partial charge in [0, 0.05) is 31.0 Å². The molecule has 0 spiro atoms. The van der Waals surface area contributed by atoms with Crippen LogP contribution in [0.3, 0.4) is 0 Å². The molecule has 34 heavy (non-hydrogen) atoms. The standard InChI is InChI=1S/C24H26N4O5S/c29-22(18-28-23(30)12-15-26(24(28)31)17-19-8-3-1-4-9-19)25-20-10-7-11-21(16-20)34(32,33)27-13-5-2-6-14-27/h1,3-4,7-12,15-16H,2,5-6,13-14,17-18H2,(H,25,29). The van der Waals surface area contributed by atoms with Crippen LogP contribution in [0.15, 0.2) is 81.3 Å². The summed E-state index contributed by atoms with van der Waals surface area (Å²) in [4.78, 5) is 37.8. The van der Waals surface area contributed by atoms with Crippen molar-refractivity contribution in [3.8, 4) is 0 Å². The van der Waals surface area contributed by atoms with E-state index in [0.29, 0.717) is 13.1 Å². The first kappa shape index (κ1) is 23.7. The van der Waals surface area contributed by atoms with Crippen molar-refractivity contribution in [2.45, 2.75) is 37.2 Å². The molecular weight excluding hydrogens is 456 g/mol. The fraction of sp³-hybridized carbons (Fsp3) is 0.292. The molecule has 1 N–H and O–H groups in total. The first-order chi connectivity index (χ1) is 16.3. The van der Waals surface area contributed by atoms with E-state index in [1.807, 2.05) is 30.3 Å². The van der Waals surface area contributed by atoms with E-state index in [1.54, 1.807) is 12.1 Å². The lowest BCUT2D eigenvalue weighted by Gasteiger charge is -2.26. The molecule has 0 saturated carbocycles. The number of hydrogen-bond acceptors (Lipinski definition) is 5. The van der Waals surface area contributed by atoms with Gasteiger partial charge in [0.15, 0.2) is 0 Å². The Morgan fingerprint density at radius 3 is 2.38 bits per heavy atom. The number of amides is 1. The third-order valence-corrected chi connectivity index (χ3v) is 7.60. The molecule has 0 aliphatic carbocycles. The fourth-order valence-corrected chi connectivity index (χ4v) is 5.50. The summed E-state index contributed by atoms with van der Waals surface area (Å²) < 4.78 is 29.5. The number of sulfonamides is 1. The highest BCUT2D eigenvalue weighted by atomic mass is 32.2. The van der Waals surface area contributed by atoms with Crippen molar-refractivity contribution < 1.29 is 13.2 Å². The average Bonchev–Trinajstić information content (AvgIpc) is 2.85. The lowest BCUT2D eigenvalue weighted by Crippen LogP contribution is -2.41. The van der Waals surface area contributed by atoms with Gasteiger partial charge in [-0.25, -0.2) is 13.2 Å². The third kappa shape index (κ3) is 5.35. The molecule has 3 aromatic rings. The zero-order valence-corrected chi connectivity index (χ0v) is 19.4. The van der Waals surface area contributed by atoms with E-state index < -0.39 is 33.7 Å². The predicted octanol–water partition coefficient (Wildman–Crippen LogP) is 1.87. The summed E-state index contributed by atoms with van der Waals surface area (Å²) >= 11 is 0. The Labute approximate surface area is 197 Å². The lowest BCUT2D eigenvalue weighted by molar-refractivity contribution is -0.116. The van der Waals surface area contributed by atoms with Gasteiger partial charge in [-0.3, -0.25) is 18.7 Å². The highest BCUT2D eigenvalue weighted by molar-refractivity contribution is 7.89. The minimum absolute atomic E-state index is 0.0919. The summed E-state index contributed by atoms with van der Waals surface area (Å²) in [6.45, 7) is 0.727. The van der Waals surface area contributed by atoms with E-state index in [1.165, 1.54) is 33.3 Å². The predicted molar refractivity (Wildman–Crippen MR) is 128 cm³/mol. The van der Waals surface area contributed by atoms with E-state index >= 15 is 0 Å². The lowest BCUT2D eigenvalue weighted by atomic mass is 10.2. The molecule has 4 rings (SSSR count). The van der Waals surface area contributed by atoms with Gasteiger partial charge in [-0.1, -0.05) is 42.8 Å². The van der Waals surface area contributed by atoms with Gasteiger partial charge in [0.2, 0.25) is 15.9 Å². The van der Waals surface area contributed by atoms with Gasteiger partial charge in [0.05, 0.1) is 11.4 Å². The second kappa shape index (κ2) is 10.2. The molecule has 0 unspecified atom stereocenters. The number of nitrogens with zero attached hydrogens (tertiary/aromatic N) is 3. The first-order valence-corrected chi connectivity index (χ1v) is 12.5. The van der Waals surface area contributed by atoms with E-state index in [9.17, 15) is 22.8 Å². The first-order valence-electron chi connectivity index (χ1n) is 11.1. The van der Waals surface area contributed by atoms with Crippen LogP contribution in [0.1, 0.15) is 24.8 Å². The van der Waals surface area contributed by atoms with Gasteiger partial charge < -0.3 is 5.32 Å². The smallest absolute Gasteiger partial charge is 0.324 e. The number of piperidine rings is 1. The zero-order chi connectivity index (χ0) is 24.1. The number of anilines is 1. The summed E-state index contributed by atoms with van der Waals surface area (Å²) in [5.74, 6) is -0.607. The Balaban J connectivity index is 1.50. The molecule has 0 radical (unpaired) electrons. The Kier molecular flexibility index (Phi) is 7.09. The Morgan fingerprint density at radius 2 is 1.65 bits per heavy atom. The number of nitrogens with one attached hydrogen (secondary N) is 1. The molecule has 1 amide bonds.